The summed E-state index contributed by atoms with van der Waals surface area (Å²) in [6.45, 7) is 3.40. The third-order valence-electron chi connectivity index (χ3n) is 2.29. The molecule has 0 radical (unpaired) electrons. The molecule has 6 nitrogen and oxygen atoms in total. The molecule has 0 heterocycles. The minimum absolute atomic E-state index is 0.0587. The molecule has 0 saturated heterocycles. The minimum atomic E-state index is -3.35. The van der Waals surface area contributed by atoms with Crippen LogP contribution in [0.2, 0.25) is 0 Å². The van der Waals surface area contributed by atoms with Crippen molar-refractivity contribution in [3.05, 3.63) is 0 Å². The Balaban J connectivity index is 4.07. The summed E-state index contributed by atoms with van der Waals surface area (Å²) in [5.41, 5.74) is -0.479. The van der Waals surface area contributed by atoms with E-state index in [-0.39, 0.29) is 31.3 Å². The van der Waals surface area contributed by atoms with Crippen LogP contribution in [0.1, 0.15) is 20.3 Å². The standard InChI is InChI=1S/C10H22ClNO5S/c1-10(2,12-11)3-6-18(15,16)8-9(14)7-17-5-4-13/h9,12-14H,3-8H2,1-2H3. The van der Waals surface area contributed by atoms with Crippen molar-refractivity contribution < 1.29 is 23.4 Å². The second-order valence-corrected chi connectivity index (χ2v) is 7.21. The maximum absolute atomic E-state index is 11.7. The number of halogens is 1. The van der Waals surface area contributed by atoms with Crippen molar-refractivity contribution in [1.29, 1.82) is 0 Å². The summed E-state index contributed by atoms with van der Waals surface area (Å²) < 4.78 is 28.3. The van der Waals surface area contributed by atoms with E-state index in [1.165, 1.54) is 0 Å². The minimum Gasteiger partial charge on any atom is -0.394 e. The van der Waals surface area contributed by atoms with Crippen molar-refractivity contribution in [1.82, 2.24) is 4.84 Å². The van der Waals surface area contributed by atoms with Crippen molar-refractivity contribution in [3.63, 3.8) is 0 Å². The van der Waals surface area contributed by atoms with Gasteiger partial charge in [0.25, 0.3) is 0 Å². The lowest BCUT2D eigenvalue weighted by Gasteiger charge is -2.22. The highest BCUT2D eigenvalue weighted by Gasteiger charge is 2.23. The highest BCUT2D eigenvalue weighted by atomic mass is 35.5. The monoisotopic (exact) mass is 303 g/mol. The van der Waals surface area contributed by atoms with Gasteiger partial charge in [-0.1, -0.05) is 0 Å². The zero-order chi connectivity index (χ0) is 14.2. The molecule has 3 N–H and O–H groups in total. The number of nitrogens with one attached hydrogen (secondary N) is 1. The van der Waals surface area contributed by atoms with Crippen LogP contribution in [0.15, 0.2) is 0 Å². The third kappa shape index (κ3) is 9.07. The molecule has 18 heavy (non-hydrogen) atoms. The summed E-state index contributed by atoms with van der Waals surface area (Å²) in [6.07, 6.45) is -0.725. The number of hydrogen-bond acceptors (Lipinski definition) is 6. The van der Waals surface area contributed by atoms with Gasteiger partial charge in [0.2, 0.25) is 0 Å². The molecule has 0 bridgehead atoms. The first-order valence-corrected chi connectivity index (χ1v) is 7.87. The Kier molecular flexibility index (Phi) is 8.33. The molecule has 0 aliphatic rings. The zero-order valence-electron chi connectivity index (χ0n) is 10.7. The van der Waals surface area contributed by atoms with E-state index in [2.05, 4.69) is 4.84 Å². The Morgan fingerprint density at radius 1 is 1.44 bits per heavy atom. The van der Waals surface area contributed by atoms with Crippen molar-refractivity contribution in [2.75, 3.05) is 31.3 Å². The largest absolute Gasteiger partial charge is 0.394 e. The zero-order valence-corrected chi connectivity index (χ0v) is 12.3. The Morgan fingerprint density at radius 2 is 2.06 bits per heavy atom. The summed E-state index contributed by atoms with van der Waals surface area (Å²) in [5, 5.41) is 17.9. The maximum atomic E-state index is 11.7. The van der Waals surface area contributed by atoms with Gasteiger partial charge in [-0.25, -0.2) is 13.3 Å². The van der Waals surface area contributed by atoms with Gasteiger partial charge < -0.3 is 14.9 Å². The molecule has 8 heteroatoms. The predicted octanol–water partition coefficient (Wildman–Crippen LogP) is -0.317. The van der Waals surface area contributed by atoms with Crippen LogP contribution in [0.4, 0.5) is 0 Å². The quantitative estimate of drug-likeness (QED) is 0.378. The Morgan fingerprint density at radius 3 is 2.56 bits per heavy atom. The van der Waals surface area contributed by atoms with Gasteiger partial charge in [-0.2, -0.15) is 0 Å². The second-order valence-electron chi connectivity index (χ2n) is 4.80. The molecule has 0 aliphatic heterocycles. The van der Waals surface area contributed by atoms with E-state index >= 15 is 0 Å². The van der Waals surface area contributed by atoms with Crippen LogP contribution in [0.25, 0.3) is 0 Å². The fourth-order valence-corrected chi connectivity index (χ4v) is 2.93. The van der Waals surface area contributed by atoms with Crippen molar-refractivity contribution in [2.45, 2.75) is 31.9 Å². The third-order valence-corrected chi connectivity index (χ3v) is 4.52. The number of ether oxygens (including phenoxy) is 1. The summed E-state index contributed by atoms with van der Waals surface area (Å²) in [5.74, 6) is -0.409. The number of rotatable bonds is 10. The molecule has 0 aromatic rings. The topological polar surface area (TPSA) is 95.9 Å². The Bertz CT molecular complexity index is 320. The Hall–Kier alpha value is 0.0800. The average Bonchev–Trinajstić information content (AvgIpc) is 2.27. The van der Waals surface area contributed by atoms with E-state index in [1.54, 1.807) is 13.8 Å². The predicted molar refractivity (Wildman–Crippen MR) is 70.3 cm³/mol. The van der Waals surface area contributed by atoms with E-state index in [4.69, 9.17) is 21.6 Å². The number of sulfone groups is 1. The van der Waals surface area contributed by atoms with Gasteiger partial charge in [0.05, 0.1) is 37.4 Å². The van der Waals surface area contributed by atoms with Gasteiger partial charge in [0, 0.05) is 5.54 Å². The lowest BCUT2D eigenvalue weighted by molar-refractivity contribution is 0.0305. The van der Waals surface area contributed by atoms with Crippen LogP contribution >= 0.6 is 11.8 Å². The average molecular weight is 304 g/mol. The summed E-state index contributed by atoms with van der Waals surface area (Å²) >= 11 is 5.47. The smallest absolute Gasteiger partial charge is 0.153 e. The number of aliphatic hydroxyl groups excluding tert-OH is 2. The van der Waals surface area contributed by atoms with Crippen molar-refractivity contribution in [2.24, 2.45) is 0 Å². The molecule has 1 unspecified atom stereocenters. The van der Waals surface area contributed by atoms with E-state index < -0.39 is 21.5 Å². The van der Waals surface area contributed by atoms with Crippen LogP contribution in [0.3, 0.4) is 0 Å². The maximum Gasteiger partial charge on any atom is 0.153 e. The van der Waals surface area contributed by atoms with Crippen LogP contribution in [-0.2, 0) is 14.6 Å². The van der Waals surface area contributed by atoms with Gasteiger partial charge >= 0.3 is 0 Å². The first-order chi connectivity index (χ1) is 8.22. The van der Waals surface area contributed by atoms with Gasteiger partial charge in [-0.3, -0.25) is 0 Å². The SMILES string of the molecule is CC(C)(CCS(=O)(=O)CC(O)COCCO)NCl. The Labute approximate surface area is 113 Å². The second kappa shape index (κ2) is 8.29. The molecule has 0 spiro atoms. The van der Waals surface area contributed by atoms with Gasteiger partial charge in [0.15, 0.2) is 9.84 Å². The molecule has 0 aliphatic carbocycles. The molecule has 0 aromatic carbocycles. The summed E-state index contributed by atoms with van der Waals surface area (Å²) in [7, 11) is -3.35. The van der Waals surface area contributed by atoms with E-state index in [9.17, 15) is 13.5 Å². The van der Waals surface area contributed by atoms with Gasteiger partial charge in [-0.05, 0) is 32.0 Å². The van der Waals surface area contributed by atoms with E-state index in [0.29, 0.717) is 6.42 Å². The molecule has 110 valence electrons. The highest BCUT2D eigenvalue weighted by molar-refractivity contribution is 7.91. The number of aliphatic hydroxyl groups is 2. The fourth-order valence-electron chi connectivity index (χ4n) is 1.17. The van der Waals surface area contributed by atoms with Crippen LogP contribution in [0.5, 0.6) is 0 Å². The van der Waals surface area contributed by atoms with Crippen LogP contribution in [0, 0.1) is 0 Å². The summed E-state index contributed by atoms with van der Waals surface area (Å²) in [6, 6.07) is 0. The van der Waals surface area contributed by atoms with Gasteiger partial charge in [0.1, 0.15) is 0 Å². The molecule has 0 amide bonds. The lowest BCUT2D eigenvalue weighted by atomic mass is 10.0. The lowest BCUT2D eigenvalue weighted by Crippen LogP contribution is -2.36. The first-order valence-electron chi connectivity index (χ1n) is 5.67. The molecule has 0 fully saturated rings. The van der Waals surface area contributed by atoms with E-state index in [0.717, 1.165) is 0 Å². The van der Waals surface area contributed by atoms with Crippen LogP contribution in [-0.4, -0.2) is 61.6 Å². The molecular formula is C10H22ClNO5S. The first kappa shape index (κ1) is 18.1. The summed E-state index contributed by atoms with van der Waals surface area (Å²) in [4.78, 5) is 2.50. The van der Waals surface area contributed by atoms with Crippen molar-refractivity contribution in [3.8, 4) is 0 Å². The molecule has 0 saturated carbocycles. The van der Waals surface area contributed by atoms with Gasteiger partial charge in [-0.15, -0.1) is 0 Å². The van der Waals surface area contributed by atoms with Crippen LogP contribution < -0.4 is 4.84 Å². The molecule has 1 atom stereocenters. The highest BCUT2D eigenvalue weighted by Crippen LogP contribution is 2.11. The fraction of sp³-hybridized carbons (Fsp3) is 1.00. The normalized spacial score (nSPS) is 14.7. The molecule has 0 rings (SSSR count). The molecular weight excluding hydrogens is 282 g/mol. The number of hydrogen-bond donors (Lipinski definition) is 3. The molecule has 0 aromatic heterocycles. The van der Waals surface area contributed by atoms with E-state index in [1.807, 2.05) is 0 Å². The van der Waals surface area contributed by atoms with Crippen molar-refractivity contribution >= 4 is 21.6 Å².